The molecule has 0 unspecified atom stereocenters. The summed E-state index contributed by atoms with van der Waals surface area (Å²) in [5, 5.41) is 4.12. The molecule has 3 N–H and O–H groups in total. The van der Waals surface area contributed by atoms with Gasteiger partial charge in [0.2, 0.25) is 5.75 Å². The van der Waals surface area contributed by atoms with E-state index in [9.17, 15) is 4.79 Å². The Morgan fingerprint density at radius 2 is 1.52 bits per heavy atom. The van der Waals surface area contributed by atoms with Crippen molar-refractivity contribution in [3.05, 3.63) is 47.5 Å². The molecule has 0 spiro atoms. The number of nitrogens with zero attached hydrogens (tertiary/aromatic N) is 1. The number of amides is 1. The van der Waals surface area contributed by atoms with Crippen LogP contribution in [0.15, 0.2) is 41.5 Å². The van der Waals surface area contributed by atoms with E-state index in [1.165, 1.54) is 21.3 Å². The zero-order chi connectivity index (χ0) is 18.4. The molecule has 0 saturated carbocycles. The number of hydrogen-bond acceptors (Lipinski definition) is 6. The van der Waals surface area contributed by atoms with Crippen molar-refractivity contribution in [3.8, 4) is 17.2 Å². The van der Waals surface area contributed by atoms with Gasteiger partial charge in [-0.05, 0) is 36.8 Å². The van der Waals surface area contributed by atoms with Crippen LogP contribution in [0.1, 0.15) is 22.8 Å². The van der Waals surface area contributed by atoms with E-state index in [1.807, 2.05) is 12.1 Å². The molecule has 0 atom stereocenters. The molecule has 7 heteroatoms. The Morgan fingerprint density at radius 3 is 2.00 bits per heavy atom. The van der Waals surface area contributed by atoms with Crippen LogP contribution in [-0.4, -0.2) is 32.9 Å². The highest BCUT2D eigenvalue weighted by Gasteiger charge is 2.16. The lowest BCUT2D eigenvalue weighted by Crippen LogP contribution is -2.19. The van der Waals surface area contributed by atoms with Crippen LogP contribution in [-0.2, 0) is 0 Å². The molecular weight excluding hydrogens is 322 g/mol. The first-order chi connectivity index (χ1) is 12.0. The summed E-state index contributed by atoms with van der Waals surface area (Å²) >= 11 is 0. The first-order valence-electron chi connectivity index (χ1n) is 7.50. The van der Waals surface area contributed by atoms with Crippen molar-refractivity contribution in [3.63, 3.8) is 0 Å². The van der Waals surface area contributed by atoms with Crippen LogP contribution >= 0.6 is 0 Å². The lowest BCUT2D eigenvalue weighted by atomic mass is 10.1. The molecule has 0 aliphatic heterocycles. The zero-order valence-corrected chi connectivity index (χ0v) is 14.6. The van der Waals surface area contributed by atoms with Gasteiger partial charge in [0.15, 0.2) is 11.5 Å². The third-order valence-corrected chi connectivity index (χ3v) is 3.58. The van der Waals surface area contributed by atoms with E-state index in [-0.39, 0.29) is 0 Å². The van der Waals surface area contributed by atoms with Crippen LogP contribution in [0.25, 0.3) is 0 Å². The maximum absolute atomic E-state index is 12.4. The minimum Gasteiger partial charge on any atom is -0.493 e. The van der Waals surface area contributed by atoms with Crippen molar-refractivity contribution in [1.82, 2.24) is 5.43 Å². The third kappa shape index (κ3) is 4.20. The summed E-state index contributed by atoms with van der Waals surface area (Å²) in [5.41, 5.74) is 10.7. The smallest absolute Gasteiger partial charge is 0.271 e. The van der Waals surface area contributed by atoms with Gasteiger partial charge in [-0.3, -0.25) is 4.79 Å². The number of carbonyl (C=O) groups is 1. The van der Waals surface area contributed by atoms with E-state index in [2.05, 4.69) is 10.5 Å². The number of nitrogen functional groups attached to an aromatic ring is 1. The number of carbonyl (C=O) groups excluding carboxylic acids is 1. The van der Waals surface area contributed by atoms with E-state index >= 15 is 0 Å². The van der Waals surface area contributed by atoms with Crippen LogP contribution in [0, 0.1) is 0 Å². The number of nitrogens with two attached hydrogens (primary N) is 1. The number of ether oxygens (including phenoxy) is 3. The average molecular weight is 343 g/mol. The Labute approximate surface area is 146 Å². The molecule has 0 radical (unpaired) electrons. The van der Waals surface area contributed by atoms with Gasteiger partial charge < -0.3 is 19.9 Å². The molecule has 0 fully saturated rings. The molecule has 0 aliphatic carbocycles. The average Bonchev–Trinajstić information content (AvgIpc) is 2.64. The van der Waals surface area contributed by atoms with Crippen LogP contribution < -0.4 is 25.4 Å². The predicted molar refractivity (Wildman–Crippen MR) is 96.6 cm³/mol. The molecule has 132 valence electrons. The lowest BCUT2D eigenvalue weighted by Gasteiger charge is -2.13. The van der Waals surface area contributed by atoms with Gasteiger partial charge in [0, 0.05) is 11.3 Å². The van der Waals surface area contributed by atoms with Crippen LogP contribution in [0.2, 0.25) is 0 Å². The van der Waals surface area contributed by atoms with Gasteiger partial charge in [-0.25, -0.2) is 5.43 Å². The highest BCUT2D eigenvalue weighted by molar-refractivity contribution is 6.01. The number of nitrogens with one attached hydrogen (secondary N) is 1. The predicted octanol–water partition coefficient (Wildman–Crippen LogP) is 2.45. The topological polar surface area (TPSA) is 95.2 Å². The zero-order valence-electron chi connectivity index (χ0n) is 14.6. The SMILES string of the molecule is COc1cc(C(=O)NN=C(C)c2ccc(N)cc2)cc(OC)c1OC. The van der Waals surface area contributed by atoms with Crippen molar-refractivity contribution in [2.24, 2.45) is 5.10 Å². The van der Waals surface area contributed by atoms with Gasteiger partial charge in [0.1, 0.15) is 0 Å². The van der Waals surface area contributed by atoms with Gasteiger partial charge >= 0.3 is 0 Å². The fourth-order valence-corrected chi connectivity index (χ4v) is 2.20. The van der Waals surface area contributed by atoms with Crippen molar-refractivity contribution in [2.45, 2.75) is 6.92 Å². The quantitative estimate of drug-likeness (QED) is 0.477. The summed E-state index contributed by atoms with van der Waals surface area (Å²) in [5.74, 6) is 0.814. The summed E-state index contributed by atoms with van der Waals surface area (Å²) in [6.45, 7) is 1.79. The van der Waals surface area contributed by atoms with Crippen molar-refractivity contribution >= 4 is 17.3 Å². The summed E-state index contributed by atoms with van der Waals surface area (Å²) < 4.78 is 15.7. The molecule has 1 amide bonds. The van der Waals surface area contributed by atoms with E-state index in [1.54, 1.807) is 31.2 Å². The van der Waals surface area contributed by atoms with Gasteiger partial charge in [-0.2, -0.15) is 5.10 Å². The second-order valence-electron chi connectivity index (χ2n) is 5.17. The first-order valence-corrected chi connectivity index (χ1v) is 7.50. The summed E-state index contributed by atoms with van der Waals surface area (Å²) in [4.78, 5) is 12.4. The summed E-state index contributed by atoms with van der Waals surface area (Å²) in [6.07, 6.45) is 0. The Morgan fingerprint density at radius 1 is 0.960 bits per heavy atom. The summed E-state index contributed by atoms with van der Waals surface area (Å²) in [6, 6.07) is 10.3. The fourth-order valence-electron chi connectivity index (χ4n) is 2.20. The third-order valence-electron chi connectivity index (χ3n) is 3.58. The summed E-state index contributed by atoms with van der Waals surface area (Å²) in [7, 11) is 4.48. The Bertz CT molecular complexity index is 760. The normalized spacial score (nSPS) is 11.0. The highest BCUT2D eigenvalue weighted by atomic mass is 16.5. The molecule has 0 heterocycles. The number of methoxy groups -OCH3 is 3. The molecule has 0 aliphatic rings. The molecule has 0 saturated heterocycles. The molecule has 0 aromatic heterocycles. The monoisotopic (exact) mass is 343 g/mol. The minimum atomic E-state index is -0.394. The number of anilines is 1. The largest absolute Gasteiger partial charge is 0.493 e. The maximum Gasteiger partial charge on any atom is 0.271 e. The van der Waals surface area contributed by atoms with E-state index in [4.69, 9.17) is 19.9 Å². The number of hydrazone groups is 1. The van der Waals surface area contributed by atoms with Crippen molar-refractivity contribution in [1.29, 1.82) is 0 Å². The van der Waals surface area contributed by atoms with Crippen molar-refractivity contribution < 1.29 is 19.0 Å². The molecule has 7 nitrogen and oxygen atoms in total. The van der Waals surface area contributed by atoms with Crippen LogP contribution in [0.4, 0.5) is 5.69 Å². The van der Waals surface area contributed by atoms with Gasteiger partial charge in [-0.15, -0.1) is 0 Å². The van der Waals surface area contributed by atoms with Gasteiger partial charge in [0.25, 0.3) is 5.91 Å². The molecule has 25 heavy (non-hydrogen) atoms. The van der Waals surface area contributed by atoms with Crippen LogP contribution in [0.5, 0.6) is 17.2 Å². The maximum atomic E-state index is 12.4. The Hall–Kier alpha value is -3.22. The van der Waals surface area contributed by atoms with E-state index in [0.29, 0.717) is 34.2 Å². The fraction of sp³-hybridized carbons (Fsp3) is 0.222. The number of rotatable bonds is 6. The molecule has 2 aromatic rings. The minimum absolute atomic E-state index is 0.336. The standard InChI is InChI=1S/C18H21N3O4/c1-11(12-5-7-14(19)8-6-12)20-21-18(22)13-9-15(23-2)17(25-4)16(10-13)24-3/h5-10H,19H2,1-4H3,(H,21,22). The number of benzene rings is 2. The van der Waals surface area contributed by atoms with Crippen molar-refractivity contribution in [2.75, 3.05) is 27.1 Å². The van der Waals surface area contributed by atoms with E-state index < -0.39 is 5.91 Å². The lowest BCUT2D eigenvalue weighted by molar-refractivity contribution is 0.0954. The molecule has 0 bridgehead atoms. The van der Waals surface area contributed by atoms with E-state index in [0.717, 1.165) is 5.56 Å². The highest BCUT2D eigenvalue weighted by Crippen LogP contribution is 2.38. The van der Waals surface area contributed by atoms with Crippen LogP contribution in [0.3, 0.4) is 0 Å². The molecule has 2 aromatic carbocycles. The molecule has 2 rings (SSSR count). The number of hydrogen-bond donors (Lipinski definition) is 2. The molecular formula is C18H21N3O4. The second kappa shape index (κ2) is 8.05. The first kappa shape index (κ1) is 18.1. The Kier molecular flexibility index (Phi) is 5.84. The van der Waals surface area contributed by atoms with Gasteiger partial charge in [0.05, 0.1) is 27.0 Å². The second-order valence-corrected chi connectivity index (χ2v) is 5.17. The van der Waals surface area contributed by atoms with Gasteiger partial charge in [-0.1, -0.05) is 12.1 Å². The Balaban J connectivity index is 2.23.